The number of halogens is 1. The topological polar surface area (TPSA) is 49.4 Å². The van der Waals surface area contributed by atoms with Crippen molar-refractivity contribution in [2.24, 2.45) is 0 Å². The van der Waals surface area contributed by atoms with Gasteiger partial charge < -0.3 is 10.2 Å². The van der Waals surface area contributed by atoms with Crippen molar-refractivity contribution in [3.05, 3.63) is 34.9 Å². The van der Waals surface area contributed by atoms with Gasteiger partial charge in [-0.15, -0.1) is 0 Å². The molecule has 0 saturated carbocycles. The van der Waals surface area contributed by atoms with Crippen LogP contribution in [0.25, 0.3) is 0 Å². The minimum absolute atomic E-state index is 0.0632. The molecule has 1 aromatic carbocycles. The van der Waals surface area contributed by atoms with Gasteiger partial charge in [0.25, 0.3) is 0 Å². The third-order valence-corrected chi connectivity index (χ3v) is 4.14. The predicted molar refractivity (Wildman–Crippen MR) is 89.7 cm³/mol. The van der Waals surface area contributed by atoms with E-state index in [9.17, 15) is 9.59 Å². The number of hydrogen-bond acceptors (Lipinski definition) is 2. The molecule has 0 saturated heterocycles. The maximum Gasteiger partial charge on any atom is 0.242 e. The molecule has 122 valence electrons. The van der Waals surface area contributed by atoms with Crippen LogP contribution in [0.1, 0.15) is 46.1 Å². The van der Waals surface area contributed by atoms with Crippen LogP contribution in [-0.2, 0) is 16.1 Å². The van der Waals surface area contributed by atoms with Gasteiger partial charge >= 0.3 is 0 Å². The Bertz CT molecular complexity index is 519. The minimum Gasteiger partial charge on any atom is -0.352 e. The first kappa shape index (κ1) is 18.5. The van der Waals surface area contributed by atoms with Crippen LogP contribution in [0.5, 0.6) is 0 Å². The average Bonchev–Trinajstić information content (AvgIpc) is 2.52. The summed E-state index contributed by atoms with van der Waals surface area (Å²) >= 11 is 6.17. The number of nitrogens with one attached hydrogen (secondary N) is 1. The van der Waals surface area contributed by atoms with Gasteiger partial charge in [0.1, 0.15) is 6.04 Å². The Morgan fingerprint density at radius 2 is 1.86 bits per heavy atom. The van der Waals surface area contributed by atoms with Crippen molar-refractivity contribution in [1.29, 1.82) is 0 Å². The molecular weight excluding hydrogens is 300 g/mol. The third kappa shape index (κ3) is 5.02. The zero-order valence-electron chi connectivity index (χ0n) is 13.7. The van der Waals surface area contributed by atoms with Crippen molar-refractivity contribution in [3.8, 4) is 0 Å². The van der Waals surface area contributed by atoms with Gasteiger partial charge in [-0.1, -0.05) is 43.6 Å². The highest BCUT2D eigenvalue weighted by molar-refractivity contribution is 6.31. The second kappa shape index (κ2) is 8.79. The molecule has 2 unspecified atom stereocenters. The highest BCUT2D eigenvalue weighted by Crippen LogP contribution is 2.19. The number of carbonyl (C=O) groups excluding carboxylic acids is 2. The summed E-state index contributed by atoms with van der Waals surface area (Å²) in [6.45, 7) is 7.84. The SMILES string of the molecule is CCC(=O)N(Cc1ccccc1Cl)C(C)C(=O)NC(C)CC. The summed E-state index contributed by atoms with van der Waals surface area (Å²) in [5.74, 6) is -0.199. The van der Waals surface area contributed by atoms with Crippen molar-refractivity contribution >= 4 is 23.4 Å². The zero-order valence-corrected chi connectivity index (χ0v) is 14.5. The van der Waals surface area contributed by atoms with Crippen LogP contribution in [0.15, 0.2) is 24.3 Å². The second-order valence-corrected chi connectivity index (χ2v) is 5.87. The van der Waals surface area contributed by atoms with Gasteiger partial charge in [0, 0.05) is 24.0 Å². The number of benzene rings is 1. The van der Waals surface area contributed by atoms with E-state index < -0.39 is 6.04 Å². The van der Waals surface area contributed by atoms with E-state index in [2.05, 4.69) is 5.32 Å². The van der Waals surface area contributed by atoms with E-state index in [1.807, 2.05) is 32.0 Å². The van der Waals surface area contributed by atoms with Gasteiger partial charge in [-0.05, 0) is 31.9 Å². The smallest absolute Gasteiger partial charge is 0.242 e. The Balaban J connectivity index is 2.91. The van der Waals surface area contributed by atoms with E-state index in [1.54, 1.807) is 24.8 Å². The summed E-state index contributed by atoms with van der Waals surface area (Å²) in [5.41, 5.74) is 0.842. The lowest BCUT2D eigenvalue weighted by Gasteiger charge is -2.29. The van der Waals surface area contributed by atoms with Crippen LogP contribution in [0, 0.1) is 0 Å². The van der Waals surface area contributed by atoms with Gasteiger partial charge in [-0.25, -0.2) is 0 Å². The molecule has 0 aliphatic rings. The molecule has 0 aliphatic heterocycles. The second-order valence-electron chi connectivity index (χ2n) is 5.46. The lowest BCUT2D eigenvalue weighted by molar-refractivity contribution is -0.140. The van der Waals surface area contributed by atoms with E-state index in [0.717, 1.165) is 12.0 Å². The molecule has 0 radical (unpaired) electrons. The molecule has 2 amide bonds. The molecule has 1 N–H and O–H groups in total. The molecule has 0 aromatic heterocycles. The van der Waals surface area contributed by atoms with E-state index in [1.165, 1.54) is 0 Å². The fraction of sp³-hybridized carbons (Fsp3) is 0.529. The van der Waals surface area contributed by atoms with E-state index in [-0.39, 0.29) is 17.9 Å². The molecule has 0 heterocycles. The normalized spacial score (nSPS) is 13.3. The fourth-order valence-electron chi connectivity index (χ4n) is 2.06. The number of amides is 2. The lowest BCUT2D eigenvalue weighted by atomic mass is 10.1. The highest BCUT2D eigenvalue weighted by Gasteiger charge is 2.26. The Morgan fingerprint density at radius 1 is 1.23 bits per heavy atom. The highest BCUT2D eigenvalue weighted by atomic mass is 35.5. The van der Waals surface area contributed by atoms with Crippen LogP contribution in [0.4, 0.5) is 0 Å². The summed E-state index contributed by atoms with van der Waals surface area (Å²) in [6.07, 6.45) is 1.20. The molecule has 4 nitrogen and oxygen atoms in total. The summed E-state index contributed by atoms with van der Waals surface area (Å²) in [6, 6.07) is 6.94. The standard InChI is InChI=1S/C17H25ClN2O2/c1-5-12(3)19-17(22)13(4)20(16(21)6-2)11-14-9-7-8-10-15(14)18/h7-10,12-13H,5-6,11H2,1-4H3,(H,19,22). The summed E-state index contributed by atoms with van der Waals surface area (Å²) < 4.78 is 0. The summed E-state index contributed by atoms with van der Waals surface area (Å²) in [4.78, 5) is 26.1. The van der Waals surface area contributed by atoms with E-state index in [4.69, 9.17) is 11.6 Å². The third-order valence-electron chi connectivity index (χ3n) is 3.77. The number of nitrogens with zero attached hydrogens (tertiary/aromatic N) is 1. The number of hydrogen-bond donors (Lipinski definition) is 1. The van der Waals surface area contributed by atoms with Gasteiger partial charge in [0.2, 0.25) is 11.8 Å². The Labute approximate surface area is 137 Å². The molecule has 0 fully saturated rings. The van der Waals surface area contributed by atoms with Gasteiger partial charge in [0.05, 0.1) is 0 Å². The fourth-order valence-corrected chi connectivity index (χ4v) is 2.26. The number of carbonyl (C=O) groups is 2. The molecule has 1 aromatic rings. The molecule has 0 spiro atoms. The summed E-state index contributed by atoms with van der Waals surface area (Å²) in [5, 5.41) is 3.53. The van der Waals surface area contributed by atoms with Crippen molar-refractivity contribution < 1.29 is 9.59 Å². The Morgan fingerprint density at radius 3 is 2.41 bits per heavy atom. The Hall–Kier alpha value is -1.55. The van der Waals surface area contributed by atoms with E-state index >= 15 is 0 Å². The Kier molecular flexibility index (Phi) is 7.39. The molecule has 22 heavy (non-hydrogen) atoms. The van der Waals surface area contributed by atoms with Crippen LogP contribution in [0.2, 0.25) is 5.02 Å². The van der Waals surface area contributed by atoms with Crippen LogP contribution in [0.3, 0.4) is 0 Å². The largest absolute Gasteiger partial charge is 0.352 e. The number of rotatable bonds is 7. The molecule has 0 bridgehead atoms. The molecule has 0 aliphatic carbocycles. The molecular formula is C17H25ClN2O2. The van der Waals surface area contributed by atoms with Gasteiger partial charge in [-0.3, -0.25) is 9.59 Å². The molecule has 2 atom stereocenters. The van der Waals surface area contributed by atoms with E-state index in [0.29, 0.717) is 18.0 Å². The van der Waals surface area contributed by atoms with Crippen LogP contribution >= 0.6 is 11.6 Å². The van der Waals surface area contributed by atoms with Gasteiger partial charge in [-0.2, -0.15) is 0 Å². The molecule has 5 heteroatoms. The van der Waals surface area contributed by atoms with Crippen molar-refractivity contribution in [1.82, 2.24) is 10.2 Å². The minimum atomic E-state index is -0.530. The van der Waals surface area contributed by atoms with Gasteiger partial charge in [0.15, 0.2) is 0 Å². The first-order valence-corrected chi connectivity index (χ1v) is 8.11. The average molecular weight is 325 g/mol. The van der Waals surface area contributed by atoms with Crippen molar-refractivity contribution in [3.63, 3.8) is 0 Å². The monoisotopic (exact) mass is 324 g/mol. The molecule has 1 rings (SSSR count). The predicted octanol–water partition coefficient (Wildman–Crippen LogP) is 3.38. The van der Waals surface area contributed by atoms with Crippen LogP contribution < -0.4 is 5.32 Å². The summed E-state index contributed by atoms with van der Waals surface area (Å²) in [7, 11) is 0. The van der Waals surface area contributed by atoms with Crippen LogP contribution in [-0.4, -0.2) is 28.8 Å². The maximum atomic E-state index is 12.3. The van der Waals surface area contributed by atoms with Crippen molar-refractivity contribution in [2.45, 2.75) is 59.2 Å². The first-order chi connectivity index (χ1) is 10.4. The maximum absolute atomic E-state index is 12.3. The first-order valence-electron chi connectivity index (χ1n) is 7.73. The lowest BCUT2D eigenvalue weighted by Crippen LogP contribution is -2.49. The zero-order chi connectivity index (χ0) is 16.7. The van der Waals surface area contributed by atoms with Crippen molar-refractivity contribution in [2.75, 3.05) is 0 Å². The quantitative estimate of drug-likeness (QED) is 0.836.